The van der Waals surface area contributed by atoms with Gasteiger partial charge in [-0.1, -0.05) is 20.8 Å². The Morgan fingerprint density at radius 2 is 2.00 bits per heavy atom. The molecule has 1 aliphatic carbocycles. The maximum atomic E-state index is 10.6. The van der Waals surface area contributed by atoms with Gasteiger partial charge in [-0.2, -0.15) is 0 Å². The molecule has 0 aromatic rings. The van der Waals surface area contributed by atoms with Crippen molar-refractivity contribution >= 4 is 5.97 Å². The van der Waals surface area contributed by atoms with Crippen LogP contribution in [-0.4, -0.2) is 22.3 Å². The van der Waals surface area contributed by atoms with Crippen molar-refractivity contribution in [3.05, 3.63) is 0 Å². The molecule has 1 fully saturated rings. The SMILES string of the molecule is C[C@H]1CC[C@H]([C@@H](O)C(=O)O)C1(C)C. The van der Waals surface area contributed by atoms with E-state index in [4.69, 9.17) is 5.11 Å². The van der Waals surface area contributed by atoms with Gasteiger partial charge in [0.1, 0.15) is 0 Å². The number of carbonyl (C=O) groups is 1. The van der Waals surface area contributed by atoms with Crippen molar-refractivity contribution < 1.29 is 15.0 Å². The zero-order chi connectivity index (χ0) is 10.2. The number of rotatable bonds is 2. The third kappa shape index (κ3) is 1.70. The number of hydrogen-bond donors (Lipinski definition) is 2. The van der Waals surface area contributed by atoms with Crippen LogP contribution < -0.4 is 0 Å². The monoisotopic (exact) mass is 186 g/mol. The summed E-state index contributed by atoms with van der Waals surface area (Å²) in [4.78, 5) is 10.6. The second-order valence-electron chi connectivity index (χ2n) is 4.69. The first-order valence-electron chi connectivity index (χ1n) is 4.78. The predicted octanol–water partition coefficient (Wildman–Crippen LogP) is 1.50. The first-order chi connectivity index (χ1) is 5.87. The number of carboxylic acid groups (broad SMARTS) is 1. The van der Waals surface area contributed by atoms with Crippen molar-refractivity contribution in [3.8, 4) is 0 Å². The lowest BCUT2D eigenvalue weighted by Crippen LogP contribution is -2.37. The molecule has 0 spiro atoms. The zero-order valence-corrected chi connectivity index (χ0v) is 8.45. The molecular weight excluding hydrogens is 168 g/mol. The van der Waals surface area contributed by atoms with E-state index in [0.29, 0.717) is 5.92 Å². The summed E-state index contributed by atoms with van der Waals surface area (Å²) in [6, 6.07) is 0. The Morgan fingerprint density at radius 1 is 1.46 bits per heavy atom. The van der Waals surface area contributed by atoms with Crippen LogP contribution in [0.3, 0.4) is 0 Å². The van der Waals surface area contributed by atoms with Crippen LogP contribution in [0.15, 0.2) is 0 Å². The lowest BCUT2D eigenvalue weighted by molar-refractivity contribution is -0.152. The van der Waals surface area contributed by atoms with E-state index in [-0.39, 0.29) is 11.3 Å². The summed E-state index contributed by atoms with van der Waals surface area (Å²) in [5, 5.41) is 18.2. The Labute approximate surface area is 78.8 Å². The van der Waals surface area contributed by atoms with Gasteiger partial charge in [0, 0.05) is 5.92 Å². The van der Waals surface area contributed by atoms with Gasteiger partial charge in [-0.05, 0) is 24.2 Å². The fourth-order valence-corrected chi connectivity index (χ4v) is 2.28. The number of carboxylic acids is 1. The molecule has 0 heterocycles. The molecule has 0 aromatic carbocycles. The zero-order valence-electron chi connectivity index (χ0n) is 8.45. The molecule has 3 nitrogen and oxygen atoms in total. The number of aliphatic carboxylic acids is 1. The van der Waals surface area contributed by atoms with Crippen LogP contribution in [0.1, 0.15) is 33.6 Å². The van der Waals surface area contributed by atoms with Crippen LogP contribution in [0.5, 0.6) is 0 Å². The molecule has 0 bridgehead atoms. The van der Waals surface area contributed by atoms with Crippen LogP contribution in [0.4, 0.5) is 0 Å². The van der Waals surface area contributed by atoms with Crippen LogP contribution in [0.25, 0.3) is 0 Å². The van der Waals surface area contributed by atoms with Crippen LogP contribution >= 0.6 is 0 Å². The Bertz CT molecular complexity index is 210. The third-order valence-corrected chi connectivity index (χ3v) is 3.77. The Kier molecular flexibility index (Phi) is 2.66. The summed E-state index contributed by atoms with van der Waals surface area (Å²) in [6.45, 7) is 6.21. The Hall–Kier alpha value is -0.570. The van der Waals surface area contributed by atoms with E-state index in [9.17, 15) is 9.90 Å². The molecule has 0 saturated heterocycles. The molecule has 0 unspecified atom stereocenters. The Balaban J connectivity index is 2.77. The third-order valence-electron chi connectivity index (χ3n) is 3.77. The molecule has 1 saturated carbocycles. The lowest BCUT2D eigenvalue weighted by atomic mass is 9.74. The standard InChI is InChI=1S/C10H18O3/c1-6-4-5-7(10(6,2)3)8(11)9(12)13/h6-8,11H,4-5H2,1-3H3,(H,12,13)/t6-,7+,8+/m0/s1. The number of aliphatic hydroxyl groups is 1. The van der Waals surface area contributed by atoms with Gasteiger partial charge in [-0.15, -0.1) is 0 Å². The molecular formula is C10H18O3. The lowest BCUT2D eigenvalue weighted by Gasteiger charge is -2.32. The van der Waals surface area contributed by atoms with Crippen molar-refractivity contribution in [2.45, 2.75) is 39.7 Å². The topological polar surface area (TPSA) is 57.5 Å². The highest BCUT2D eigenvalue weighted by Crippen LogP contribution is 2.48. The van der Waals surface area contributed by atoms with Gasteiger partial charge < -0.3 is 10.2 Å². The smallest absolute Gasteiger partial charge is 0.332 e. The first-order valence-corrected chi connectivity index (χ1v) is 4.78. The first kappa shape index (κ1) is 10.5. The van der Waals surface area contributed by atoms with Gasteiger partial charge in [0.2, 0.25) is 0 Å². The minimum absolute atomic E-state index is 0.0577. The molecule has 3 atom stereocenters. The average molecular weight is 186 g/mol. The van der Waals surface area contributed by atoms with Crippen molar-refractivity contribution in [1.82, 2.24) is 0 Å². The van der Waals surface area contributed by atoms with Crippen molar-refractivity contribution in [3.63, 3.8) is 0 Å². The molecule has 2 N–H and O–H groups in total. The van der Waals surface area contributed by atoms with Crippen molar-refractivity contribution in [1.29, 1.82) is 0 Å². The molecule has 1 aliphatic rings. The van der Waals surface area contributed by atoms with Gasteiger partial charge >= 0.3 is 5.97 Å². The molecule has 1 rings (SSSR count). The van der Waals surface area contributed by atoms with Gasteiger partial charge in [0.15, 0.2) is 6.10 Å². The fraction of sp³-hybridized carbons (Fsp3) is 0.900. The average Bonchev–Trinajstić information content (AvgIpc) is 2.26. The van der Waals surface area contributed by atoms with Gasteiger partial charge in [0.05, 0.1) is 0 Å². The largest absolute Gasteiger partial charge is 0.479 e. The van der Waals surface area contributed by atoms with Crippen LogP contribution in [-0.2, 0) is 4.79 Å². The van der Waals surface area contributed by atoms with Gasteiger partial charge in [0.25, 0.3) is 0 Å². The molecule has 13 heavy (non-hydrogen) atoms. The summed E-state index contributed by atoms with van der Waals surface area (Å²) in [5.74, 6) is -0.696. The van der Waals surface area contributed by atoms with Crippen LogP contribution in [0, 0.1) is 17.3 Å². The minimum Gasteiger partial charge on any atom is -0.479 e. The molecule has 0 aromatic heterocycles. The van der Waals surface area contributed by atoms with E-state index >= 15 is 0 Å². The summed E-state index contributed by atoms with van der Waals surface area (Å²) in [7, 11) is 0. The summed E-state index contributed by atoms with van der Waals surface area (Å²) in [6.07, 6.45) is 0.642. The highest BCUT2D eigenvalue weighted by molar-refractivity contribution is 5.72. The van der Waals surface area contributed by atoms with E-state index in [1.165, 1.54) is 0 Å². The quantitative estimate of drug-likeness (QED) is 0.687. The van der Waals surface area contributed by atoms with Gasteiger partial charge in [-0.3, -0.25) is 0 Å². The van der Waals surface area contributed by atoms with E-state index in [2.05, 4.69) is 6.92 Å². The second kappa shape index (κ2) is 3.29. The molecule has 76 valence electrons. The number of hydrogen-bond acceptors (Lipinski definition) is 2. The maximum absolute atomic E-state index is 10.6. The normalized spacial score (nSPS) is 34.5. The summed E-state index contributed by atoms with van der Waals surface area (Å²) < 4.78 is 0. The summed E-state index contributed by atoms with van der Waals surface area (Å²) in [5.41, 5.74) is -0.0577. The van der Waals surface area contributed by atoms with E-state index in [1.54, 1.807) is 0 Å². The highest BCUT2D eigenvalue weighted by atomic mass is 16.4. The fourth-order valence-electron chi connectivity index (χ4n) is 2.28. The van der Waals surface area contributed by atoms with E-state index in [0.717, 1.165) is 12.8 Å². The molecule has 0 amide bonds. The predicted molar refractivity (Wildman–Crippen MR) is 49.3 cm³/mol. The van der Waals surface area contributed by atoms with Crippen molar-refractivity contribution in [2.75, 3.05) is 0 Å². The summed E-state index contributed by atoms with van der Waals surface area (Å²) >= 11 is 0. The highest BCUT2D eigenvalue weighted by Gasteiger charge is 2.45. The van der Waals surface area contributed by atoms with Crippen LogP contribution in [0.2, 0.25) is 0 Å². The van der Waals surface area contributed by atoms with E-state index in [1.807, 2.05) is 13.8 Å². The minimum atomic E-state index is -1.19. The molecule has 3 heteroatoms. The maximum Gasteiger partial charge on any atom is 0.332 e. The van der Waals surface area contributed by atoms with Gasteiger partial charge in [-0.25, -0.2) is 4.79 Å². The molecule has 0 aliphatic heterocycles. The molecule has 0 radical (unpaired) electrons. The van der Waals surface area contributed by atoms with E-state index < -0.39 is 12.1 Å². The number of aliphatic hydroxyl groups excluding tert-OH is 1. The van der Waals surface area contributed by atoms with Crippen molar-refractivity contribution in [2.24, 2.45) is 17.3 Å². The second-order valence-corrected chi connectivity index (χ2v) is 4.69. The Morgan fingerprint density at radius 3 is 2.31 bits per heavy atom.